The Bertz CT molecular complexity index is 959. The summed E-state index contributed by atoms with van der Waals surface area (Å²) in [5.74, 6) is -2.02. The smallest absolute Gasteiger partial charge is 0.246 e. The highest BCUT2D eigenvalue weighted by Gasteiger charge is 2.26. The maximum atomic E-state index is 12.7. The van der Waals surface area contributed by atoms with E-state index in [1.807, 2.05) is 12.1 Å². The molecule has 0 fully saturated rings. The number of aromatic nitrogens is 1. The number of amides is 4. The van der Waals surface area contributed by atoms with Crippen LogP contribution >= 0.6 is 0 Å². The van der Waals surface area contributed by atoms with Gasteiger partial charge >= 0.3 is 0 Å². The topological polar surface area (TPSA) is 155 Å². The summed E-state index contributed by atoms with van der Waals surface area (Å²) < 4.78 is 0. The summed E-state index contributed by atoms with van der Waals surface area (Å²) >= 11 is 0. The Hall–Kier alpha value is -3.53. The molecule has 10 heteroatoms. The highest BCUT2D eigenvalue weighted by molar-refractivity contribution is 6.04. The van der Waals surface area contributed by atoms with Gasteiger partial charge in [-0.3, -0.25) is 24.2 Å². The molecule has 1 aromatic carbocycles. The molecule has 31 heavy (non-hydrogen) atoms. The van der Waals surface area contributed by atoms with Crippen LogP contribution in [0.1, 0.15) is 26.7 Å². The van der Waals surface area contributed by atoms with Crippen molar-refractivity contribution >= 4 is 40.2 Å². The van der Waals surface area contributed by atoms with Gasteiger partial charge < -0.3 is 27.0 Å². The first-order valence-corrected chi connectivity index (χ1v) is 9.93. The van der Waals surface area contributed by atoms with Crippen LogP contribution in [0.4, 0.5) is 5.69 Å². The van der Waals surface area contributed by atoms with Crippen LogP contribution in [0.25, 0.3) is 10.9 Å². The Kier molecular flexibility index (Phi) is 8.44. The lowest BCUT2D eigenvalue weighted by Crippen LogP contribution is -2.54. The van der Waals surface area contributed by atoms with Crippen molar-refractivity contribution in [2.45, 2.75) is 44.8 Å². The molecule has 0 saturated heterocycles. The van der Waals surface area contributed by atoms with Crippen LogP contribution < -0.4 is 27.0 Å². The summed E-state index contributed by atoms with van der Waals surface area (Å²) in [5, 5.41) is 11.5. The molecule has 10 nitrogen and oxygen atoms in total. The van der Waals surface area contributed by atoms with Crippen LogP contribution in [0.3, 0.4) is 0 Å². The fraction of sp³-hybridized carbons (Fsp3) is 0.381. The predicted molar refractivity (Wildman–Crippen MR) is 117 cm³/mol. The minimum Gasteiger partial charge on any atom is -0.370 e. The van der Waals surface area contributed by atoms with E-state index in [0.717, 1.165) is 10.9 Å². The van der Waals surface area contributed by atoms with Crippen LogP contribution in [0.15, 0.2) is 36.5 Å². The van der Waals surface area contributed by atoms with Crippen molar-refractivity contribution < 1.29 is 19.2 Å². The molecule has 0 aliphatic heterocycles. The SMILES string of the molecule is CN[C@@H](C)C(=O)N[C@@H](CCC(N)=O)C(=O)N[C@@H](C)C(=O)Nc1cccc2ncccc12. The first kappa shape index (κ1) is 23.7. The maximum absolute atomic E-state index is 12.7. The number of primary amides is 1. The number of benzene rings is 1. The molecule has 2 rings (SSSR count). The van der Waals surface area contributed by atoms with Gasteiger partial charge in [0.15, 0.2) is 0 Å². The Morgan fingerprint density at radius 1 is 0.968 bits per heavy atom. The van der Waals surface area contributed by atoms with Gasteiger partial charge in [-0.1, -0.05) is 6.07 Å². The normalized spacial score (nSPS) is 13.6. The molecule has 166 valence electrons. The predicted octanol–water partition coefficient (Wildman–Crippen LogP) is 0.0362. The highest BCUT2D eigenvalue weighted by Crippen LogP contribution is 2.21. The van der Waals surface area contributed by atoms with Gasteiger partial charge in [0, 0.05) is 18.0 Å². The van der Waals surface area contributed by atoms with Crippen molar-refractivity contribution in [2.24, 2.45) is 5.73 Å². The molecule has 0 aliphatic carbocycles. The molecule has 0 radical (unpaired) electrons. The Morgan fingerprint density at radius 3 is 2.39 bits per heavy atom. The number of likely N-dealkylation sites (N-methyl/N-ethyl adjacent to an activating group) is 1. The van der Waals surface area contributed by atoms with Gasteiger partial charge in [-0.15, -0.1) is 0 Å². The summed E-state index contributed by atoms with van der Waals surface area (Å²) in [4.78, 5) is 52.9. The zero-order valence-electron chi connectivity index (χ0n) is 17.8. The first-order valence-electron chi connectivity index (χ1n) is 9.93. The van der Waals surface area contributed by atoms with Gasteiger partial charge in [0.25, 0.3) is 0 Å². The van der Waals surface area contributed by atoms with Crippen molar-refractivity contribution in [3.05, 3.63) is 36.5 Å². The summed E-state index contributed by atoms with van der Waals surface area (Å²) in [6.45, 7) is 3.16. The number of hydrogen-bond acceptors (Lipinski definition) is 6. The second-order valence-corrected chi connectivity index (χ2v) is 7.17. The number of pyridine rings is 1. The maximum Gasteiger partial charge on any atom is 0.246 e. The standard InChI is InChI=1S/C21H28N6O4/c1-12(23-3)19(29)27-17(9-10-18(22)28)21(31)25-13(2)20(30)26-16-8-4-7-15-14(16)6-5-11-24-15/h4-8,11-13,17,23H,9-10H2,1-3H3,(H2,22,28)(H,25,31)(H,26,30)(H,27,29)/t12-,13-,17-/m0/s1. The third-order valence-corrected chi connectivity index (χ3v) is 4.79. The fourth-order valence-electron chi connectivity index (χ4n) is 2.82. The average Bonchev–Trinajstić information content (AvgIpc) is 2.75. The lowest BCUT2D eigenvalue weighted by Gasteiger charge is -2.22. The number of anilines is 1. The minimum absolute atomic E-state index is 0.0205. The summed E-state index contributed by atoms with van der Waals surface area (Å²) in [7, 11) is 1.61. The molecular weight excluding hydrogens is 400 g/mol. The molecule has 0 bridgehead atoms. The van der Waals surface area contributed by atoms with E-state index in [1.54, 1.807) is 38.4 Å². The Morgan fingerprint density at radius 2 is 1.71 bits per heavy atom. The minimum atomic E-state index is -1.01. The second-order valence-electron chi connectivity index (χ2n) is 7.17. The van der Waals surface area contributed by atoms with E-state index in [-0.39, 0.29) is 12.8 Å². The molecule has 0 aliphatic rings. The number of nitrogens with two attached hydrogens (primary N) is 1. The summed E-state index contributed by atoms with van der Waals surface area (Å²) in [6, 6.07) is 6.50. The van der Waals surface area contributed by atoms with Crippen molar-refractivity contribution in [2.75, 3.05) is 12.4 Å². The number of carbonyl (C=O) groups excluding carboxylic acids is 4. The molecule has 6 N–H and O–H groups in total. The molecule has 4 amide bonds. The molecule has 0 spiro atoms. The van der Waals surface area contributed by atoms with Gasteiger partial charge in [-0.05, 0) is 51.6 Å². The van der Waals surface area contributed by atoms with E-state index >= 15 is 0 Å². The fourth-order valence-corrected chi connectivity index (χ4v) is 2.82. The van der Waals surface area contributed by atoms with Crippen LogP contribution in [-0.2, 0) is 19.2 Å². The second kappa shape index (κ2) is 11.0. The molecule has 3 atom stereocenters. The lowest BCUT2D eigenvalue weighted by atomic mass is 10.1. The number of nitrogens with zero attached hydrogens (tertiary/aromatic N) is 1. The van der Waals surface area contributed by atoms with Crippen molar-refractivity contribution in [3.63, 3.8) is 0 Å². The van der Waals surface area contributed by atoms with Gasteiger partial charge in [-0.2, -0.15) is 0 Å². The van der Waals surface area contributed by atoms with Gasteiger partial charge in [-0.25, -0.2) is 0 Å². The van der Waals surface area contributed by atoms with E-state index in [2.05, 4.69) is 26.3 Å². The molecule has 2 aromatic rings. The summed E-state index contributed by atoms with van der Waals surface area (Å²) in [5.41, 5.74) is 6.47. The zero-order valence-corrected chi connectivity index (χ0v) is 17.8. The van der Waals surface area contributed by atoms with Crippen LogP contribution in [-0.4, -0.2) is 53.8 Å². The van der Waals surface area contributed by atoms with E-state index in [9.17, 15) is 19.2 Å². The van der Waals surface area contributed by atoms with E-state index in [0.29, 0.717) is 5.69 Å². The number of nitrogens with one attached hydrogen (secondary N) is 4. The number of carbonyl (C=O) groups is 4. The Labute approximate surface area is 180 Å². The zero-order chi connectivity index (χ0) is 23.0. The van der Waals surface area contributed by atoms with E-state index < -0.39 is 41.8 Å². The van der Waals surface area contributed by atoms with Crippen LogP contribution in [0, 0.1) is 0 Å². The van der Waals surface area contributed by atoms with Gasteiger partial charge in [0.1, 0.15) is 12.1 Å². The number of rotatable bonds is 10. The number of hydrogen-bond donors (Lipinski definition) is 5. The van der Waals surface area contributed by atoms with Crippen LogP contribution in [0.5, 0.6) is 0 Å². The molecule has 1 aromatic heterocycles. The Balaban J connectivity index is 2.06. The molecular formula is C21H28N6O4. The third kappa shape index (κ3) is 6.75. The average molecular weight is 428 g/mol. The number of fused-ring (bicyclic) bond motifs is 1. The quantitative estimate of drug-likeness (QED) is 0.360. The van der Waals surface area contributed by atoms with E-state index in [1.165, 1.54) is 6.92 Å². The van der Waals surface area contributed by atoms with Gasteiger partial charge in [0.05, 0.1) is 17.2 Å². The molecule has 1 heterocycles. The lowest BCUT2D eigenvalue weighted by molar-refractivity contribution is -0.131. The first-order chi connectivity index (χ1) is 14.7. The van der Waals surface area contributed by atoms with Crippen molar-refractivity contribution in [3.8, 4) is 0 Å². The van der Waals surface area contributed by atoms with Crippen LogP contribution in [0.2, 0.25) is 0 Å². The van der Waals surface area contributed by atoms with Crippen molar-refractivity contribution in [1.29, 1.82) is 0 Å². The monoisotopic (exact) mass is 428 g/mol. The van der Waals surface area contributed by atoms with Crippen molar-refractivity contribution in [1.82, 2.24) is 20.9 Å². The van der Waals surface area contributed by atoms with E-state index in [4.69, 9.17) is 5.73 Å². The molecule has 0 saturated carbocycles. The molecule has 0 unspecified atom stereocenters. The largest absolute Gasteiger partial charge is 0.370 e. The highest BCUT2D eigenvalue weighted by atomic mass is 16.2. The summed E-state index contributed by atoms with van der Waals surface area (Å²) in [6.07, 6.45) is 1.59. The third-order valence-electron chi connectivity index (χ3n) is 4.79. The van der Waals surface area contributed by atoms with Gasteiger partial charge in [0.2, 0.25) is 23.6 Å².